The Morgan fingerprint density at radius 2 is 1.72 bits per heavy atom. The highest BCUT2D eigenvalue weighted by Crippen LogP contribution is 2.31. The van der Waals surface area contributed by atoms with E-state index < -0.39 is 0 Å². The normalized spacial score (nSPS) is 10.8. The molecule has 4 rings (SSSR count). The van der Waals surface area contributed by atoms with E-state index in [1.165, 1.54) is 0 Å². The molecule has 25 heavy (non-hydrogen) atoms. The Morgan fingerprint density at radius 3 is 2.44 bits per heavy atom. The molecule has 4 aromatic rings. The quantitative estimate of drug-likeness (QED) is 0.616. The Bertz CT molecular complexity index is 1040. The van der Waals surface area contributed by atoms with Gasteiger partial charge in [-0.2, -0.15) is 0 Å². The van der Waals surface area contributed by atoms with Crippen molar-refractivity contribution in [2.75, 3.05) is 12.4 Å². The average Bonchev–Trinajstić information content (AvgIpc) is 2.69. The molecule has 0 unspecified atom stereocenters. The zero-order chi connectivity index (χ0) is 17.2. The third-order valence-electron chi connectivity index (χ3n) is 3.95. The van der Waals surface area contributed by atoms with Crippen molar-refractivity contribution in [1.29, 1.82) is 0 Å². The van der Waals surface area contributed by atoms with Gasteiger partial charge in [0.05, 0.1) is 0 Å². The second-order valence-corrected chi connectivity index (χ2v) is 5.45. The number of aromatic nitrogens is 4. The van der Waals surface area contributed by atoms with Crippen LogP contribution in [0.15, 0.2) is 61.2 Å². The molecule has 0 aliphatic rings. The molecule has 0 radical (unpaired) electrons. The number of anilines is 1. The van der Waals surface area contributed by atoms with Gasteiger partial charge in [0.2, 0.25) is 0 Å². The number of benzene rings is 1. The molecule has 0 aliphatic heterocycles. The average molecular weight is 331 g/mol. The maximum atomic E-state index is 15.2. The van der Waals surface area contributed by atoms with Crippen LogP contribution in [0.3, 0.4) is 0 Å². The number of hydrogen-bond acceptors (Lipinski definition) is 5. The molecule has 0 atom stereocenters. The lowest BCUT2D eigenvalue weighted by Crippen LogP contribution is -2.01. The summed E-state index contributed by atoms with van der Waals surface area (Å²) in [6.07, 6.45) is 6.61. The molecule has 0 fully saturated rings. The summed E-state index contributed by atoms with van der Waals surface area (Å²) in [6, 6.07) is 10.7. The maximum absolute atomic E-state index is 15.2. The predicted octanol–water partition coefficient (Wildman–Crippen LogP) is 3.93. The van der Waals surface area contributed by atoms with Crippen LogP contribution < -0.4 is 5.32 Å². The maximum Gasteiger partial charge on any atom is 0.163 e. The van der Waals surface area contributed by atoms with Crippen molar-refractivity contribution < 1.29 is 4.39 Å². The fourth-order valence-electron chi connectivity index (χ4n) is 2.73. The van der Waals surface area contributed by atoms with E-state index in [1.54, 1.807) is 56.1 Å². The largest absolute Gasteiger partial charge is 0.373 e. The van der Waals surface area contributed by atoms with Crippen LogP contribution >= 0.6 is 0 Å². The fourth-order valence-corrected chi connectivity index (χ4v) is 2.73. The van der Waals surface area contributed by atoms with Gasteiger partial charge in [0.25, 0.3) is 0 Å². The van der Waals surface area contributed by atoms with Gasteiger partial charge in [-0.1, -0.05) is 6.07 Å². The van der Waals surface area contributed by atoms with Gasteiger partial charge in [-0.25, -0.2) is 14.4 Å². The van der Waals surface area contributed by atoms with Gasteiger partial charge < -0.3 is 5.32 Å². The summed E-state index contributed by atoms with van der Waals surface area (Å²) in [7, 11) is 1.75. The number of nitrogens with one attached hydrogen (secondary N) is 1. The van der Waals surface area contributed by atoms with Crippen LogP contribution in [0.2, 0.25) is 0 Å². The number of pyridine rings is 2. The summed E-state index contributed by atoms with van der Waals surface area (Å²) >= 11 is 0. The van der Waals surface area contributed by atoms with Crippen LogP contribution in [0.5, 0.6) is 0 Å². The molecule has 3 heterocycles. The number of halogens is 1. The Labute approximate surface area is 143 Å². The van der Waals surface area contributed by atoms with E-state index in [-0.39, 0.29) is 11.3 Å². The van der Waals surface area contributed by atoms with E-state index in [0.29, 0.717) is 22.6 Å². The van der Waals surface area contributed by atoms with Crippen molar-refractivity contribution in [3.8, 4) is 22.5 Å². The van der Waals surface area contributed by atoms with E-state index in [2.05, 4.69) is 25.3 Å². The molecule has 0 bridgehead atoms. The summed E-state index contributed by atoms with van der Waals surface area (Å²) < 4.78 is 15.2. The van der Waals surface area contributed by atoms with Crippen molar-refractivity contribution in [3.63, 3.8) is 0 Å². The summed E-state index contributed by atoms with van der Waals surface area (Å²) in [4.78, 5) is 17.0. The number of rotatable bonds is 3. The Hall–Kier alpha value is -3.41. The molecular formula is C19H14FN5. The molecule has 0 amide bonds. The summed E-state index contributed by atoms with van der Waals surface area (Å²) in [5.74, 6) is 0.618. The molecule has 1 aromatic carbocycles. The Kier molecular flexibility index (Phi) is 3.78. The zero-order valence-electron chi connectivity index (χ0n) is 13.4. The molecule has 0 saturated carbocycles. The highest BCUT2D eigenvalue weighted by atomic mass is 19.1. The number of fused-ring (bicyclic) bond motifs is 1. The first-order chi connectivity index (χ1) is 12.3. The Morgan fingerprint density at radius 1 is 0.880 bits per heavy atom. The molecule has 0 saturated heterocycles. The lowest BCUT2D eigenvalue weighted by Gasteiger charge is -2.11. The summed E-state index contributed by atoms with van der Waals surface area (Å²) in [5, 5.41) is 3.65. The topological polar surface area (TPSA) is 63.6 Å². The second-order valence-electron chi connectivity index (χ2n) is 5.45. The molecule has 5 nitrogen and oxygen atoms in total. The fraction of sp³-hybridized carbons (Fsp3) is 0.0526. The lowest BCUT2D eigenvalue weighted by molar-refractivity contribution is 0.640. The second kappa shape index (κ2) is 6.24. The summed E-state index contributed by atoms with van der Waals surface area (Å²) in [6.45, 7) is 0. The van der Waals surface area contributed by atoms with Crippen molar-refractivity contribution >= 4 is 16.7 Å². The van der Waals surface area contributed by atoms with Crippen LogP contribution in [0, 0.1) is 5.82 Å². The standard InChI is InChI=1S/C19H14FN5/c1-21-19-15-5-4-14(12-6-9-22-10-7-12)16(20)17(15)24-18(25-19)13-3-2-8-23-11-13/h2-11H,1H3,(H,21,24,25). The van der Waals surface area contributed by atoms with Crippen LogP contribution in [0.25, 0.3) is 33.4 Å². The van der Waals surface area contributed by atoms with Gasteiger partial charge in [-0.15, -0.1) is 0 Å². The molecule has 122 valence electrons. The molecule has 0 aliphatic carbocycles. The zero-order valence-corrected chi connectivity index (χ0v) is 13.4. The van der Waals surface area contributed by atoms with Crippen LogP contribution in [0.1, 0.15) is 0 Å². The first-order valence-electron chi connectivity index (χ1n) is 7.76. The number of hydrogen-bond donors (Lipinski definition) is 1. The van der Waals surface area contributed by atoms with E-state index in [1.807, 2.05) is 12.1 Å². The van der Waals surface area contributed by atoms with Crippen molar-refractivity contribution in [2.24, 2.45) is 0 Å². The molecule has 0 spiro atoms. The smallest absolute Gasteiger partial charge is 0.163 e. The minimum atomic E-state index is -0.382. The third kappa shape index (κ3) is 2.67. The Balaban J connectivity index is 1.99. The van der Waals surface area contributed by atoms with Crippen LogP contribution in [-0.4, -0.2) is 27.0 Å². The highest BCUT2D eigenvalue weighted by molar-refractivity contribution is 5.94. The van der Waals surface area contributed by atoms with E-state index in [4.69, 9.17) is 0 Å². The van der Waals surface area contributed by atoms with Gasteiger partial charge >= 0.3 is 0 Å². The monoisotopic (exact) mass is 331 g/mol. The van der Waals surface area contributed by atoms with Crippen molar-refractivity contribution in [3.05, 3.63) is 67.0 Å². The van der Waals surface area contributed by atoms with Crippen LogP contribution in [-0.2, 0) is 0 Å². The third-order valence-corrected chi connectivity index (χ3v) is 3.95. The van der Waals surface area contributed by atoms with E-state index in [9.17, 15) is 0 Å². The molecule has 1 N–H and O–H groups in total. The van der Waals surface area contributed by atoms with Gasteiger partial charge in [0.15, 0.2) is 11.6 Å². The van der Waals surface area contributed by atoms with Gasteiger partial charge in [0.1, 0.15) is 11.3 Å². The lowest BCUT2D eigenvalue weighted by atomic mass is 10.0. The first kappa shape index (κ1) is 15.1. The van der Waals surface area contributed by atoms with Crippen molar-refractivity contribution in [2.45, 2.75) is 0 Å². The highest BCUT2D eigenvalue weighted by Gasteiger charge is 2.16. The number of nitrogens with zero attached hydrogens (tertiary/aromatic N) is 4. The minimum absolute atomic E-state index is 0.271. The SMILES string of the molecule is CNc1nc(-c2cccnc2)nc2c(F)c(-c3ccncc3)ccc12. The molecule has 3 aromatic heterocycles. The molecule has 6 heteroatoms. The van der Waals surface area contributed by atoms with Gasteiger partial charge in [0, 0.05) is 48.3 Å². The summed E-state index contributed by atoms with van der Waals surface area (Å²) in [5.41, 5.74) is 2.23. The predicted molar refractivity (Wildman–Crippen MR) is 95.5 cm³/mol. The van der Waals surface area contributed by atoms with Gasteiger partial charge in [-0.05, 0) is 35.9 Å². The van der Waals surface area contributed by atoms with Gasteiger partial charge in [-0.3, -0.25) is 9.97 Å². The molecular weight excluding hydrogens is 317 g/mol. The first-order valence-corrected chi connectivity index (χ1v) is 7.76. The van der Waals surface area contributed by atoms with E-state index >= 15 is 4.39 Å². The minimum Gasteiger partial charge on any atom is -0.373 e. The van der Waals surface area contributed by atoms with E-state index in [0.717, 1.165) is 11.1 Å². The van der Waals surface area contributed by atoms with Crippen molar-refractivity contribution in [1.82, 2.24) is 19.9 Å². The van der Waals surface area contributed by atoms with Crippen LogP contribution in [0.4, 0.5) is 10.2 Å².